The zero-order valence-corrected chi connectivity index (χ0v) is 11.2. The lowest BCUT2D eigenvalue weighted by Crippen LogP contribution is -2.54. The molecule has 1 aromatic carbocycles. The van der Waals surface area contributed by atoms with Crippen molar-refractivity contribution in [3.63, 3.8) is 0 Å². The summed E-state index contributed by atoms with van der Waals surface area (Å²) in [6.07, 6.45) is 0. The number of anilines is 1. The highest BCUT2D eigenvalue weighted by Gasteiger charge is 2.37. The standard InChI is InChI=1S/C13H17NO5/c1-17-10-4-9(5-11(18-2)12(10)19-3)14-6-8(7-15)13(14)16/h4-5,8,15H,6-7H2,1-3H3. The van der Waals surface area contributed by atoms with Crippen LogP contribution in [0.15, 0.2) is 12.1 Å². The monoisotopic (exact) mass is 267 g/mol. The third-order valence-electron chi connectivity index (χ3n) is 3.20. The van der Waals surface area contributed by atoms with Crippen LogP contribution in [0, 0.1) is 5.92 Å². The van der Waals surface area contributed by atoms with Crippen molar-refractivity contribution in [1.29, 1.82) is 0 Å². The number of ether oxygens (including phenoxy) is 3. The zero-order chi connectivity index (χ0) is 14.0. The van der Waals surface area contributed by atoms with Crippen LogP contribution in [0.1, 0.15) is 0 Å². The van der Waals surface area contributed by atoms with Crippen molar-refractivity contribution in [2.45, 2.75) is 0 Å². The highest BCUT2D eigenvalue weighted by atomic mass is 16.5. The summed E-state index contributed by atoms with van der Waals surface area (Å²) in [5.74, 6) is 1.07. The molecule has 1 atom stereocenters. The first kappa shape index (κ1) is 13.5. The van der Waals surface area contributed by atoms with Crippen LogP contribution in [0.3, 0.4) is 0 Å². The molecular formula is C13H17NO5. The quantitative estimate of drug-likeness (QED) is 0.794. The summed E-state index contributed by atoms with van der Waals surface area (Å²) in [6.45, 7) is 0.369. The Bertz CT molecular complexity index is 463. The first-order valence-corrected chi connectivity index (χ1v) is 5.88. The Morgan fingerprint density at radius 2 is 1.79 bits per heavy atom. The van der Waals surface area contributed by atoms with E-state index >= 15 is 0 Å². The summed E-state index contributed by atoms with van der Waals surface area (Å²) in [5.41, 5.74) is 0.671. The predicted molar refractivity (Wildman–Crippen MR) is 69.0 cm³/mol. The second-order valence-corrected chi connectivity index (χ2v) is 4.21. The van der Waals surface area contributed by atoms with Crippen LogP contribution in [0.2, 0.25) is 0 Å². The lowest BCUT2D eigenvalue weighted by molar-refractivity contribution is -0.128. The molecule has 0 radical (unpaired) electrons. The van der Waals surface area contributed by atoms with Gasteiger partial charge in [0.15, 0.2) is 11.5 Å². The van der Waals surface area contributed by atoms with E-state index in [1.807, 2.05) is 0 Å². The Morgan fingerprint density at radius 1 is 1.21 bits per heavy atom. The van der Waals surface area contributed by atoms with Gasteiger partial charge in [-0.25, -0.2) is 0 Å². The van der Waals surface area contributed by atoms with E-state index in [0.717, 1.165) is 0 Å². The first-order chi connectivity index (χ1) is 9.15. The van der Waals surface area contributed by atoms with Crippen LogP contribution in [0.5, 0.6) is 17.2 Å². The van der Waals surface area contributed by atoms with Crippen LogP contribution in [-0.2, 0) is 4.79 Å². The third-order valence-corrected chi connectivity index (χ3v) is 3.20. The van der Waals surface area contributed by atoms with Gasteiger partial charge in [0.05, 0.1) is 39.5 Å². The van der Waals surface area contributed by atoms with E-state index in [9.17, 15) is 4.79 Å². The van der Waals surface area contributed by atoms with Gasteiger partial charge < -0.3 is 24.2 Å². The number of carbonyl (C=O) groups is 1. The minimum atomic E-state index is -0.306. The molecule has 1 fully saturated rings. The number of hydrogen-bond acceptors (Lipinski definition) is 5. The summed E-state index contributed by atoms with van der Waals surface area (Å²) in [7, 11) is 4.57. The maximum Gasteiger partial charge on any atom is 0.234 e. The van der Waals surface area contributed by atoms with E-state index in [1.54, 1.807) is 17.0 Å². The Kier molecular flexibility index (Phi) is 3.80. The summed E-state index contributed by atoms with van der Waals surface area (Å²) in [5, 5.41) is 8.99. The Balaban J connectivity index is 2.35. The number of β-lactam (4-membered cyclic amide) rings is 1. The van der Waals surface area contributed by atoms with Gasteiger partial charge in [0, 0.05) is 18.7 Å². The third kappa shape index (κ3) is 2.19. The Labute approximate surface area is 111 Å². The molecule has 19 heavy (non-hydrogen) atoms. The van der Waals surface area contributed by atoms with Crippen LogP contribution in [0.25, 0.3) is 0 Å². The Morgan fingerprint density at radius 3 is 2.16 bits per heavy atom. The number of carbonyl (C=O) groups excluding carboxylic acids is 1. The smallest absolute Gasteiger partial charge is 0.234 e. The Hall–Kier alpha value is -1.95. The van der Waals surface area contributed by atoms with E-state index in [1.165, 1.54) is 21.3 Å². The normalized spacial score (nSPS) is 18.0. The number of amides is 1. The maximum absolute atomic E-state index is 11.8. The zero-order valence-electron chi connectivity index (χ0n) is 11.2. The van der Waals surface area contributed by atoms with Gasteiger partial charge >= 0.3 is 0 Å². The fourth-order valence-electron chi connectivity index (χ4n) is 2.09. The molecule has 2 rings (SSSR count). The molecule has 1 unspecified atom stereocenters. The van der Waals surface area contributed by atoms with Gasteiger partial charge in [-0.3, -0.25) is 4.79 Å². The van der Waals surface area contributed by atoms with Gasteiger partial charge in [-0.15, -0.1) is 0 Å². The van der Waals surface area contributed by atoms with Gasteiger partial charge in [0.2, 0.25) is 11.7 Å². The van der Waals surface area contributed by atoms with E-state index in [0.29, 0.717) is 29.5 Å². The van der Waals surface area contributed by atoms with Crippen LogP contribution < -0.4 is 19.1 Å². The van der Waals surface area contributed by atoms with Gasteiger partial charge in [-0.1, -0.05) is 0 Å². The first-order valence-electron chi connectivity index (χ1n) is 5.88. The molecule has 0 aromatic heterocycles. The SMILES string of the molecule is COc1cc(N2CC(CO)C2=O)cc(OC)c1OC. The molecular weight excluding hydrogens is 250 g/mol. The van der Waals surface area contributed by atoms with Crippen molar-refractivity contribution in [2.75, 3.05) is 39.4 Å². The summed E-state index contributed by atoms with van der Waals surface area (Å²) >= 11 is 0. The minimum absolute atomic E-state index is 0.100. The number of hydrogen-bond donors (Lipinski definition) is 1. The minimum Gasteiger partial charge on any atom is -0.493 e. The molecule has 1 aliphatic heterocycles. The molecule has 1 heterocycles. The van der Waals surface area contributed by atoms with E-state index in [4.69, 9.17) is 19.3 Å². The van der Waals surface area contributed by atoms with Crippen molar-refractivity contribution >= 4 is 11.6 Å². The van der Waals surface area contributed by atoms with Crippen LogP contribution in [0.4, 0.5) is 5.69 Å². The number of benzene rings is 1. The number of aliphatic hydroxyl groups is 1. The molecule has 1 amide bonds. The van der Waals surface area contributed by atoms with Crippen LogP contribution >= 0.6 is 0 Å². The lowest BCUT2D eigenvalue weighted by Gasteiger charge is -2.37. The van der Waals surface area contributed by atoms with Gasteiger partial charge in [-0.05, 0) is 0 Å². The maximum atomic E-state index is 11.8. The predicted octanol–water partition coefficient (Wildman–Crippen LogP) is 0.667. The fraction of sp³-hybridized carbons (Fsp3) is 0.462. The molecule has 6 nitrogen and oxygen atoms in total. The molecule has 0 aliphatic carbocycles. The average molecular weight is 267 g/mol. The van der Waals surface area contributed by atoms with E-state index in [2.05, 4.69) is 0 Å². The highest BCUT2D eigenvalue weighted by Crippen LogP contribution is 2.42. The largest absolute Gasteiger partial charge is 0.493 e. The van der Waals surface area contributed by atoms with Gasteiger partial charge in [0.25, 0.3) is 0 Å². The summed E-state index contributed by atoms with van der Waals surface area (Å²) < 4.78 is 15.7. The van der Waals surface area contributed by atoms with E-state index in [-0.39, 0.29) is 18.4 Å². The molecule has 1 aliphatic rings. The molecule has 6 heteroatoms. The van der Waals surface area contributed by atoms with Crippen molar-refractivity contribution in [2.24, 2.45) is 5.92 Å². The van der Waals surface area contributed by atoms with Crippen molar-refractivity contribution in [3.05, 3.63) is 12.1 Å². The summed E-state index contributed by atoms with van der Waals surface area (Å²) in [6, 6.07) is 3.43. The lowest BCUT2D eigenvalue weighted by atomic mass is 9.99. The van der Waals surface area contributed by atoms with Crippen LogP contribution in [-0.4, -0.2) is 45.5 Å². The molecule has 0 saturated carbocycles. The van der Waals surface area contributed by atoms with Gasteiger partial charge in [0.1, 0.15) is 0 Å². The molecule has 0 bridgehead atoms. The molecule has 1 aromatic rings. The van der Waals surface area contributed by atoms with Crippen molar-refractivity contribution in [3.8, 4) is 17.2 Å². The van der Waals surface area contributed by atoms with Crippen molar-refractivity contribution < 1.29 is 24.1 Å². The number of aliphatic hydroxyl groups excluding tert-OH is 1. The second kappa shape index (κ2) is 5.36. The van der Waals surface area contributed by atoms with E-state index < -0.39 is 0 Å². The summed E-state index contributed by atoms with van der Waals surface area (Å²) in [4.78, 5) is 13.4. The van der Waals surface area contributed by atoms with Gasteiger partial charge in [-0.2, -0.15) is 0 Å². The second-order valence-electron chi connectivity index (χ2n) is 4.21. The molecule has 0 spiro atoms. The molecule has 1 saturated heterocycles. The topological polar surface area (TPSA) is 68.2 Å². The fourth-order valence-corrected chi connectivity index (χ4v) is 2.09. The van der Waals surface area contributed by atoms with Crippen molar-refractivity contribution in [1.82, 2.24) is 0 Å². The number of nitrogens with zero attached hydrogens (tertiary/aromatic N) is 1. The molecule has 1 N–H and O–H groups in total. The average Bonchev–Trinajstić information content (AvgIpc) is 2.44. The number of methoxy groups -OCH3 is 3. The number of rotatable bonds is 5. The molecule has 104 valence electrons. The highest BCUT2D eigenvalue weighted by molar-refractivity contribution is 6.02.